The summed E-state index contributed by atoms with van der Waals surface area (Å²) in [5, 5.41) is 13.2. The van der Waals surface area contributed by atoms with Crippen LogP contribution in [-0.2, 0) is 9.59 Å². The molecule has 2 aliphatic heterocycles. The van der Waals surface area contributed by atoms with Gasteiger partial charge in [-0.15, -0.1) is 0 Å². The average molecular weight is 358 g/mol. The number of nitrogens with one attached hydrogen (secondary N) is 1. The molecule has 9 heteroatoms. The third kappa shape index (κ3) is 3.71. The molecule has 0 aromatic heterocycles. The Kier molecular flexibility index (Phi) is 4.97. The molecule has 0 radical (unpaired) electrons. The molecule has 0 unspecified atom stereocenters. The minimum atomic E-state index is -0.669. The molecule has 4 amide bonds. The van der Waals surface area contributed by atoms with E-state index in [1.54, 1.807) is 11.0 Å². The van der Waals surface area contributed by atoms with Gasteiger partial charge in [-0.2, -0.15) is 0 Å². The van der Waals surface area contributed by atoms with Gasteiger partial charge in [0.25, 0.3) is 11.6 Å². The molecule has 2 saturated heterocycles. The predicted octanol–water partition coefficient (Wildman–Crippen LogP) is 1.50. The Hall–Kier alpha value is -3.23. The molecule has 0 saturated carbocycles. The Morgan fingerprint density at radius 2 is 1.96 bits per heavy atom. The van der Waals surface area contributed by atoms with Crippen molar-refractivity contribution < 1.29 is 19.3 Å². The van der Waals surface area contributed by atoms with Crippen LogP contribution in [0.1, 0.15) is 24.8 Å². The van der Waals surface area contributed by atoms with E-state index in [0.29, 0.717) is 18.7 Å². The summed E-state index contributed by atoms with van der Waals surface area (Å²) in [5.41, 5.74) is 0.280. The quantitative estimate of drug-likeness (QED) is 0.379. The van der Waals surface area contributed by atoms with Crippen LogP contribution in [0.3, 0.4) is 0 Å². The lowest BCUT2D eigenvalue weighted by Crippen LogP contribution is -2.44. The number of benzene rings is 1. The van der Waals surface area contributed by atoms with Crippen LogP contribution in [0.25, 0.3) is 6.08 Å². The molecule has 2 aliphatic rings. The van der Waals surface area contributed by atoms with E-state index in [4.69, 9.17) is 0 Å². The van der Waals surface area contributed by atoms with Crippen LogP contribution in [0.2, 0.25) is 0 Å². The van der Waals surface area contributed by atoms with Crippen molar-refractivity contribution in [2.45, 2.75) is 19.3 Å². The second-order valence-corrected chi connectivity index (χ2v) is 6.17. The number of hydrogen-bond acceptors (Lipinski definition) is 5. The van der Waals surface area contributed by atoms with E-state index >= 15 is 0 Å². The molecule has 1 N–H and O–H groups in total. The number of nitro benzene ring substituents is 1. The minimum absolute atomic E-state index is 0.0121. The van der Waals surface area contributed by atoms with Gasteiger partial charge in [-0.25, -0.2) is 9.69 Å². The Bertz CT molecular complexity index is 798. The van der Waals surface area contributed by atoms with Gasteiger partial charge in [0.1, 0.15) is 12.2 Å². The summed E-state index contributed by atoms with van der Waals surface area (Å²) in [5.74, 6) is -0.878. The maximum atomic E-state index is 12.4. The zero-order valence-corrected chi connectivity index (χ0v) is 14.0. The van der Waals surface area contributed by atoms with Gasteiger partial charge >= 0.3 is 6.03 Å². The van der Waals surface area contributed by atoms with Crippen LogP contribution in [-0.4, -0.2) is 52.2 Å². The number of carbonyl (C=O) groups is 3. The fraction of sp³-hybridized carbons (Fsp3) is 0.353. The SMILES string of the molecule is O=C(CN1C(=O)N/C(=C\c2cccc([N+](=O)[O-])c2)C1=O)N1CCCCC1. The van der Waals surface area contributed by atoms with Gasteiger partial charge in [0.15, 0.2) is 0 Å². The Morgan fingerprint density at radius 1 is 1.23 bits per heavy atom. The van der Waals surface area contributed by atoms with Crippen molar-refractivity contribution in [3.8, 4) is 0 Å². The van der Waals surface area contributed by atoms with E-state index < -0.39 is 16.9 Å². The molecule has 3 rings (SSSR count). The molecule has 9 nitrogen and oxygen atoms in total. The first kappa shape index (κ1) is 17.6. The van der Waals surface area contributed by atoms with Crippen molar-refractivity contribution in [3.63, 3.8) is 0 Å². The van der Waals surface area contributed by atoms with E-state index in [-0.39, 0.29) is 23.8 Å². The first-order chi connectivity index (χ1) is 12.5. The van der Waals surface area contributed by atoms with E-state index in [2.05, 4.69) is 5.32 Å². The number of amides is 4. The van der Waals surface area contributed by atoms with Gasteiger partial charge in [-0.3, -0.25) is 19.7 Å². The van der Waals surface area contributed by atoms with Crippen LogP contribution in [0.15, 0.2) is 30.0 Å². The topological polar surface area (TPSA) is 113 Å². The number of urea groups is 1. The zero-order valence-electron chi connectivity index (χ0n) is 14.0. The minimum Gasteiger partial charge on any atom is -0.341 e. The number of likely N-dealkylation sites (tertiary alicyclic amines) is 1. The molecule has 1 aromatic rings. The molecule has 2 heterocycles. The second kappa shape index (κ2) is 7.34. The highest BCUT2D eigenvalue weighted by molar-refractivity contribution is 6.15. The second-order valence-electron chi connectivity index (χ2n) is 6.17. The van der Waals surface area contributed by atoms with Crippen LogP contribution >= 0.6 is 0 Å². The number of rotatable bonds is 4. The number of carbonyl (C=O) groups excluding carboxylic acids is 3. The first-order valence-electron chi connectivity index (χ1n) is 8.32. The van der Waals surface area contributed by atoms with E-state index in [1.165, 1.54) is 24.3 Å². The Balaban J connectivity index is 1.73. The normalized spacial score (nSPS) is 19.0. The molecular weight excluding hydrogens is 340 g/mol. The third-order valence-electron chi connectivity index (χ3n) is 4.36. The highest BCUT2D eigenvalue weighted by Crippen LogP contribution is 2.18. The molecule has 0 spiro atoms. The van der Waals surface area contributed by atoms with E-state index in [0.717, 1.165) is 24.2 Å². The molecule has 1 aromatic carbocycles. The molecule has 0 aliphatic carbocycles. The fourth-order valence-corrected chi connectivity index (χ4v) is 2.99. The number of piperidine rings is 1. The number of hydrogen-bond donors (Lipinski definition) is 1. The number of nitrogens with zero attached hydrogens (tertiary/aromatic N) is 3. The molecule has 26 heavy (non-hydrogen) atoms. The van der Waals surface area contributed by atoms with E-state index in [1.807, 2.05) is 0 Å². The van der Waals surface area contributed by atoms with Crippen molar-refractivity contribution in [3.05, 3.63) is 45.6 Å². The van der Waals surface area contributed by atoms with Gasteiger partial charge in [-0.1, -0.05) is 12.1 Å². The van der Waals surface area contributed by atoms with Gasteiger partial charge in [-0.05, 0) is 30.9 Å². The van der Waals surface area contributed by atoms with Crippen molar-refractivity contribution in [1.82, 2.24) is 15.1 Å². The number of imide groups is 1. The molecule has 2 fully saturated rings. The summed E-state index contributed by atoms with van der Waals surface area (Å²) in [6, 6.07) is 5.04. The van der Waals surface area contributed by atoms with E-state index in [9.17, 15) is 24.5 Å². The predicted molar refractivity (Wildman–Crippen MR) is 91.7 cm³/mol. The Labute approximate surface area is 149 Å². The van der Waals surface area contributed by atoms with Gasteiger partial charge in [0.2, 0.25) is 5.91 Å². The van der Waals surface area contributed by atoms with Crippen molar-refractivity contribution >= 4 is 29.6 Å². The summed E-state index contributed by atoms with van der Waals surface area (Å²) in [7, 11) is 0. The molecular formula is C17H18N4O5. The zero-order chi connectivity index (χ0) is 18.7. The number of non-ortho nitro benzene ring substituents is 1. The van der Waals surface area contributed by atoms with Crippen LogP contribution in [0.4, 0.5) is 10.5 Å². The maximum absolute atomic E-state index is 12.4. The van der Waals surface area contributed by atoms with Crippen LogP contribution < -0.4 is 5.32 Å². The number of nitro groups is 1. The molecule has 136 valence electrons. The summed E-state index contributed by atoms with van der Waals surface area (Å²) >= 11 is 0. The smallest absolute Gasteiger partial charge is 0.329 e. The summed E-state index contributed by atoms with van der Waals surface area (Å²) in [6.45, 7) is 0.967. The van der Waals surface area contributed by atoms with Gasteiger partial charge in [0, 0.05) is 25.2 Å². The van der Waals surface area contributed by atoms with Crippen LogP contribution in [0.5, 0.6) is 0 Å². The summed E-state index contributed by atoms with van der Waals surface area (Å²) in [4.78, 5) is 49.6. The average Bonchev–Trinajstić information content (AvgIpc) is 2.90. The standard InChI is InChI=1S/C17H18N4O5/c22-15(19-7-2-1-3-8-19)11-20-16(23)14(18-17(20)24)10-12-5-4-6-13(9-12)21(25)26/h4-6,9-10H,1-3,7-8,11H2,(H,18,24)/b14-10-. The lowest BCUT2D eigenvalue weighted by atomic mass is 10.1. The van der Waals surface area contributed by atoms with Crippen molar-refractivity contribution in [1.29, 1.82) is 0 Å². The highest BCUT2D eigenvalue weighted by Gasteiger charge is 2.36. The third-order valence-corrected chi connectivity index (χ3v) is 4.36. The highest BCUT2D eigenvalue weighted by atomic mass is 16.6. The lowest BCUT2D eigenvalue weighted by molar-refractivity contribution is -0.384. The Morgan fingerprint density at radius 3 is 2.65 bits per heavy atom. The van der Waals surface area contributed by atoms with Crippen molar-refractivity contribution in [2.75, 3.05) is 19.6 Å². The maximum Gasteiger partial charge on any atom is 0.329 e. The summed E-state index contributed by atoms with van der Waals surface area (Å²) < 4.78 is 0. The van der Waals surface area contributed by atoms with Gasteiger partial charge < -0.3 is 10.2 Å². The van der Waals surface area contributed by atoms with Gasteiger partial charge in [0.05, 0.1) is 4.92 Å². The fourth-order valence-electron chi connectivity index (χ4n) is 2.99. The van der Waals surface area contributed by atoms with Crippen LogP contribution in [0, 0.1) is 10.1 Å². The first-order valence-corrected chi connectivity index (χ1v) is 8.32. The largest absolute Gasteiger partial charge is 0.341 e. The summed E-state index contributed by atoms with van der Waals surface area (Å²) in [6.07, 6.45) is 4.27. The monoisotopic (exact) mass is 358 g/mol. The lowest BCUT2D eigenvalue weighted by Gasteiger charge is -2.27. The molecule has 0 bridgehead atoms. The molecule has 0 atom stereocenters. The van der Waals surface area contributed by atoms with Crippen molar-refractivity contribution in [2.24, 2.45) is 0 Å².